The molecule has 32 heavy (non-hydrogen) atoms. The molecule has 4 heterocycles. The predicted octanol–water partition coefficient (Wildman–Crippen LogP) is 2.89. The highest BCUT2D eigenvalue weighted by Gasteiger charge is 2.51. The van der Waals surface area contributed by atoms with Crippen LogP contribution in [0.15, 0.2) is 16.4 Å². The Morgan fingerprint density at radius 3 is 2.81 bits per heavy atom. The molecule has 5 unspecified atom stereocenters. The molecule has 0 spiro atoms. The number of nitrogens with zero attached hydrogens (tertiary/aromatic N) is 5. The summed E-state index contributed by atoms with van der Waals surface area (Å²) in [5, 5.41) is 18.7. The molecule has 2 saturated heterocycles. The van der Waals surface area contributed by atoms with Crippen molar-refractivity contribution in [3.8, 4) is 0 Å². The lowest BCUT2D eigenvalue weighted by atomic mass is 9.85. The van der Waals surface area contributed by atoms with E-state index >= 15 is 0 Å². The fourth-order valence-electron chi connectivity index (χ4n) is 5.72. The molecule has 5 atom stereocenters. The quantitative estimate of drug-likeness (QED) is 0.698. The highest BCUT2D eigenvalue weighted by Crippen LogP contribution is 2.34. The van der Waals surface area contributed by atoms with E-state index in [4.69, 9.17) is 9.47 Å². The third kappa shape index (κ3) is 4.41. The Bertz CT molecular complexity index is 836. The van der Waals surface area contributed by atoms with Gasteiger partial charge in [0.05, 0.1) is 31.8 Å². The zero-order valence-corrected chi connectivity index (χ0v) is 19.3. The number of hydrogen-bond acceptors (Lipinski definition) is 7. The number of carbonyl (C=O) groups is 1. The largest absolute Gasteiger partial charge is 0.371 e. The summed E-state index contributed by atoms with van der Waals surface area (Å²) in [4.78, 5) is 12.8. The molecule has 9 nitrogen and oxygen atoms in total. The average molecular weight is 445 g/mol. The first-order valence-corrected chi connectivity index (χ1v) is 12.4. The molecule has 4 aliphatic rings. The smallest absolute Gasteiger partial charge is 0.272 e. The number of nitrogens with one attached hydrogen (secondary N) is 1. The lowest BCUT2D eigenvalue weighted by molar-refractivity contribution is 0.0422. The van der Waals surface area contributed by atoms with Crippen molar-refractivity contribution in [3.63, 3.8) is 0 Å². The molecule has 0 aromatic carbocycles. The van der Waals surface area contributed by atoms with Crippen molar-refractivity contribution in [2.75, 3.05) is 19.8 Å². The molecular formula is C23H36N6O3. The van der Waals surface area contributed by atoms with E-state index in [9.17, 15) is 4.79 Å². The summed E-state index contributed by atoms with van der Waals surface area (Å²) >= 11 is 0. The van der Waals surface area contributed by atoms with Crippen LogP contribution in [0.25, 0.3) is 0 Å². The molecule has 0 radical (unpaired) electrons. The van der Waals surface area contributed by atoms with E-state index in [0.29, 0.717) is 18.9 Å². The first-order valence-electron chi connectivity index (χ1n) is 12.4. The fourth-order valence-corrected chi connectivity index (χ4v) is 5.72. The van der Waals surface area contributed by atoms with Gasteiger partial charge in [-0.3, -0.25) is 14.5 Å². The minimum absolute atomic E-state index is 0.0630. The van der Waals surface area contributed by atoms with Crippen molar-refractivity contribution in [3.05, 3.63) is 17.5 Å². The van der Waals surface area contributed by atoms with Crippen molar-refractivity contribution >= 4 is 5.91 Å². The van der Waals surface area contributed by atoms with Crippen LogP contribution in [0, 0.1) is 12.8 Å². The third-order valence-electron chi connectivity index (χ3n) is 7.43. The Hall–Kier alpha value is -2.00. The van der Waals surface area contributed by atoms with Crippen LogP contribution in [0.4, 0.5) is 0 Å². The van der Waals surface area contributed by atoms with Crippen LogP contribution in [-0.2, 0) is 16.0 Å². The number of fused-ring (bicyclic) bond motifs is 1. The van der Waals surface area contributed by atoms with Gasteiger partial charge in [0.1, 0.15) is 23.9 Å². The van der Waals surface area contributed by atoms with Gasteiger partial charge in [0, 0.05) is 12.2 Å². The topological polar surface area (TPSA) is 93.3 Å². The molecule has 1 aliphatic carbocycles. The van der Waals surface area contributed by atoms with E-state index in [-0.39, 0.29) is 36.2 Å². The minimum Gasteiger partial charge on any atom is -0.371 e. The standard InChI is InChI=1S/C23H36N6O3/c1-3-9-28-15(2)10-18(26-28)23(30)24-19-13-31-22-20(14-32-21(19)22)29-12-17(25-27-29)11-16-7-5-4-6-8-16/h10,16-17,19-22H,3-9,11-14H2,1-2H3,(H,24,30). The van der Waals surface area contributed by atoms with E-state index in [1.54, 1.807) is 0 Å². The van der Waals surface area contributed by atoms with Crippen molar-refractivity contribution in [2.45, 2.75) is 95.7 Å². The summed E-state index contributed by atoms with van der Waals surface area (Å²) in [5.74, 6) is 0.629. The Kier molecular flexibility index (Phi) is 6.46. The maximum absolute atomic E-state index is 12.8. The fraction of sp³-hybridized carbons (Fsp3) is 0.826. The SMILES string of the molecule is CCCn1nc(C(=O)NC2COC3C2OCC3N2CC(CC3CCCCC3)N=N2)cc1C. The van der Waals surface area contributed by atoms with Gasteiger partial charge in [-0.25, -0.2) is 0 Å². The molecule has 0 bridgehead atoms. The number of rotatable bonds is 7. The number of aromatic nitrogens is 2. The number of amides is 1. The molecule has 3 aliphatic heterocycles. The second-order valence-electron chi connectivity index (χ2n) is 9.86. The highest BCUT2D eigenvalue weighted by molar-refractivity contribution is 5.92. The third-order valence-corrected chi connectivity index (χ3v) is 7.43. The molecule has 5 rings (SSSR count). The highest BCUT2D eigenvalue weighted by atomic mass is 16.6. The average Bonchev–Trinajstić information content (AvgIpc) is 3.56. The van der Waals surface area contributed by atoms with Gasteiger partial charge in [-0.1, -0.05) is 44.3 Å². The zero-order valence-electron chi connectivity index (χ0n) is 19.3. The van der Waals surface area contributed by atoms with Crippen LogP contribution in [0.2, 0.25) is 0 Å². The van der Waals surface area contributed by atoms with Gasteiger partial charge in [0.25, 0.3) is 5.91 Å². The number of carbonyl (C=O) groups excluding carboxylic acids is 1. The molecule has 9 heteroatoms. The Morgan fingerprint density at radius 1 is 1.19 bits per heavy atom. The second-order valence-corrected chi connectivity index (χ2v) is 9.86. The van der Waals surface area contributed by atoms with Crippen LogP contribution in [-0.4, -0.2) is 70.8 Å². The van der Waals surface area contributed by atoms with Crippen LogP contribution in [0.5, 0.6) is 0 Å². The van der Waals surface area contributed by atoms with Gasteiger partial charge >= 0.3 is 0 Å². The summed E-state index contributed by atoms with van der Waals surface area (Å²) in [6.45, 7) is 6.74. The van der Waals surface area contributed by atoms with E-state index < -0.39 is 0 Å². The van der Waals surface area contributed by atoms with E-state index in [1.807, 2.05) is 17.7 Å². The van der Waals surface area contributed by atoms with Crippen molar-refractivity contribution in [1.29, 1.82) is 0 Å². The van der Waals surface area contributed by atoms with Gasteiger partial charge in [-0.05, 0) is 31.7 Å². The van der Waals surface area contributed by atoms with Crippen LogP contribution in [0.3, 0.4) is 0 Å². The molecule has 1 N–H and O–H groups in total. The van der Waals surface area contributed by atoms with Crippen LogP contribution >= 0.6 is 0 Å². The van der Waals surface area contributed by atoms with Crippen molar-refractivity contribution < 1.29 is 14.3 Å². The zero-order chi connectivity index (χ0) is 22.1. The normalized spacial score (nSPS) is 32.6. The van der Waals surface area contributed by atoms with Gasteiger partial charge in [0.15, 0.2) is 0 Å². The van der Waals surface area contributed by atoms with Gasteiger partial charge in [-0.15, -0.1) is 0 Å². The van der Waals surface area contributed by atoms with Crippen molar-refractivity contribution in [2.24, 2.45) is 16.3 Å². The van der Waals surface area contributed by atoms with E-state index in [1.165, 1.54) is 32.1 Å². The summed E-state index contributed by atoms with van der Waals surface area (Å²) in [6.07, 6.45) is 8.65. The minimum atomic E-state index is -0.174. The molecule has 1 aromatic heterocycles. The molecule has 1 saturated carbocycles. The molecule has 1 aromatic rings. The molecule has 176 valence electrons. The first kappa shape index (κ1) is 21.8. The van der Waals surface area contributed by atoms with Gasteiger partial charge in [0.2, 0.25) is 0 Å². The maximum atomic E-state index is 12.8. The molecule has 1 amide bonds. The molecule has 3 fully saturated rings. The van der Waals surface area contributed by atoms with Gasteiger partial charge in [-0.2, -0.15) is 10.2 Å². The Morgan fingerprint density at radius 2 is 2.00 bits per heavy atom. The summed E-state index contributed by atoms with van der Waals surface area (Å²) in [5.41, 5.74) is 1.45. The van der Waals surface area contributed by atoms with Crippen LogP contribution < -0.4 is 5.32 Å². The lowest BCUT2D eigenvalue weighted by Crippen LogP contribution is -2.46. The molecular weight excluding hydrogens is 408 g/mol. The van der Waals surface area contributed by atoms with Crippen molar-refractivity contribution in [1.82, 2.24) is 20.1 Å². The summed E-state index contributed by atoms with van der Waals surface area (Å²) in [7, 11) is 0. The summed E-state index contributed by atoms with van der Waals surface area (Å²) in [6, 6.07) is 2.02. The number of ether oxygens (including phenoxy) is 2. The second kappa shape index (κ2) is 9.47. The Labute approximate surface area is 189 Å². The summed E-state index contributed by atoms with van der Waals surface area (Å²) < 4.78 is 14.1. The monoisotopic (exact) mass is 444 g/mol. The Balaban J connectivity index is 1.14. The van der Waals surface area contributed by atoms with E-state index in [2.05, 4.69) is 32.7 Å². The van der Waals surface area contributed by atoms with Gasteiger partial charge < -0.3 is 14.8 Å². The van der Waals surface area contributed by atoms with E-state index in [0.717, 1.165) is 37.5 Å². The lowest BCUT2D eigenvalue weighted by Gasteiger charge is -2.26. The van der Waals surface area contributed by atoms with Crippen LogP contribution in [0.1, 0.15) is 68.1 Å². The predicted molar refractivity (Wildman–Crippen MR) is 118 cm³/mol. The maximum Gasteiger partial charge on any atom is 0.272 e. The number of aryl methyl sites for hydroxylation is 2. The first-order chi connectivity index (χ1) is 15.6. The number of hydrogen-bond donors (Lipinski definition) is 1.